The summed E-state index contributed by atoms with van der Waals surface area (Å²) in [6.07, 6.45) is 3.29. The second kappa shape index (κ2) is 7.14. The van der Waals surface area contributed by atoms with Gasteiger partial charge in [-0.15, -0.1) is 0 Å². The number of anilines is 2. The molecule has 3 aromatic rings. The maximum atomic E-state index is 12.2. The van der Waals surface area contributed by atoms with Gasteiger partial charge in [-0.2, -0.15) is 0 Å². The Hall–Kier alpha value is -3.54. The van der Waals surface area contributed by atoms with Gasteiger partial charge >= 0.3 is 0 Å². The predicted octanol–water partition coefficient (Wildman–Crippen LogP) is 3.16. The Morgan fingerprint density at radius 2 is 1.35 bits per heavy atom. The smallest absolute Gasteiger partial charge is 0.267 e. The van der Waals surface area contributed by atoms with Crippen molar-refractivity contribution in [3.05, 3.63) is 83.2 Å². The number of fused-ring (bicyclic) bond motifs is 1. The second-order valence-electron chi connectivity index (χ2n) is 5.94. The van der Waals surface area contributed by atoms with E-state index in [-0.39, 0.29) is 11.8 Å². The first kappa shape index (κ1) is 17.3. The molecule has 0 spiro atoms. The van der Waals surface area contributed by atoms with Crippen LogP contribution in [0.4, 0.5) is 11.6 Å². The highest BCUT2D eigenvalue weighted by molar-refractivity contribution is 6.34. The zero-order chi connectivity index (χ0) is 18.7. The van der Waals surface area contributed by atoms with Gasteiger partial charge in [0, 0.05) is 12.4 Å². The Morgan fingerprint density at radius 1 is 0.808 bits per heavy atom. The van der Waals surface area contributed by atoms with Gasteiger partial charge in [0.05, 0.1) is 11.1 Å². The summed E-state index contributed by atoms with van der Waals surface area (Å²) in [7, 11) is 0. The van der Waals surface area contributed by atoms with Crippen molar-refractivity contribution in [2.24, 2.45) is 0 Å². The van der Waals surface area contributed by atoms with Gasteiger partial charge in [-0.1, -0.05) is 12.1 Å². The van der Waals surface area contributed by atoms with Gasteiger partial charge in [-0.3, -0.25) is 9.59 Å². The summed E-state index contributed by atoms with van der Waals surface area (Å²) < 4.78 is 0. The van der Waals surface area contributed by atoms with Crippen molar-refractivity contribution < 1.29 is 9.59 Å². The van der Waals surface area contributed by atoms with Crippen molar-refractivity contribution in [2.75, 3.05) is 10.6 Å². The zero-order valence-corrected chi connectivity index (χ0v) is 14.5. The molecule has 1 aliphatic rings. The van der Waals surface area contributed by atoms with Crippen molar-refractivity contribution in [1.29, 1.82) is 0 Å². The van der Waals surface area contributed by atoms with Gasteiger partial charge in [0.25, 0.3) is 11.8 Å². The minimum atomic E-state index is -0.311. The number of nitrogens with zero attached hydrogens (tertiary/aromatic N) is 3. The summed E-state index contributed by atoms with van der Waals surface area (Å²) in [6.45, 7) is 3.88. The molecular weight excluding hydrogens is 328 g/mol. The normalized spacial score (nSPS) is 12.5. The lowest BCUT2D eigenvalue weighted by Crippen LogP contribution is -2.30. The first-order valence-electron chi connectivity index (χ1n) is 8.06. The molecule has 0 saturated heterocycles. The molecule has 6 heteroatoms. The van der Waals surface area contributed by atoms with Crippen LogP contribution in [0.2, 0.25) is 0 Å². The average Bonchev–Trinajstić information content (AvgIpc) is 2.87. The minimum absolute atomic E-state index is 0.311. The molecular formula is C20H18N4O2. The molecule has 0 saturated carbocycles. The highest BCUT2D eigenvalue weighted by atomic mass is 16.2. The predicted molar refractivity (Wildman–Crippen MR) is 99.9 cm³/mol. The average molecular weight is 346 g/mol. The Morgan fingerprint density at radius 3 is 1.81 bits per heavy atom. The van der Waals surface area contributed by atoms with Crippen LogP contribution in [0.5, 0.6) is 0 Å². The van der Waals surface area contributed by atoms with E-state index >= 15 is 0 Å². The van der Waals surface area contributed by atoms with Gasteiger partial charge in [0.15, 0.2) is 0 Å². The number of imide groups is 1. The molecule has 0 radical (unpaired) electrons. The number of aryl methyl sites for hydroxylation is 2. The number of benzene rings is 1. The van der Waals surface area contributed by atoms with Crippen molar-refractivity contribution in [1.82, 2.24) is 9.97 Å². The van der Waals surface area contributed by atoms with Crippen LogP contribution in [0.1, 0.15) is 31.8 Å². The van der Waals surface area contributed by atoms with Crippen LogP contribution >= 0.6 is 0 Å². The molecule has 0 bridgehead atoms. The summed E-state index contributed by atoms with van der Waals surface area (Å²) in [5.41, 5.74) is 8.32. The molecule has 6 nitrogen and oxygen atoms in total. The van der Waals surface area contributed by atoms with E-state index in [0.29, 0.717) is 22.8 Å². The molecule has 26 heavy (non-hydrogen) atoms. The number of aromatic nitrogens is 2. The second-order valence-corrected chi connectivity index (χ2v) is 5.94. The Labute approximate surface area is 151 Å². The maximum Gasteiger partial charge on any atom is 0.267 e. The van der Waals surface area contributed by atoms with E-state index < -0.39 is 0 Å². The van der Waals surface area contributed by atoms with Crippen LogP contribution in [-0.2, 0) is 0 Å². The molecule has 0 unspecified atom stereocenters. The van der Waals surface area contributed by atoms with Crippen LogP contribution < -0.4 is 10.6 Å². The van der Waals surface area contributed by atoms with Gasteiger partial charge in [-0.25, -0.2) is 14.9 Å². The highest BCUT2D eigenvalue weighted by Crippen LogP contribution is 2.26. The number of carbonyl (C=O) groups excluding carboxylic acids is 2. The van der Waals surface area contributed by atoms with Gasteiger partial charge < -0.3 is 5.73 Å². The fourth-order valence-electron chi connectivity index (χ4n) is 2.60. The lowest BCUT2D eigenvalue weighted by atomic mass is 10.1. The van der Waals surface area contributed by atoms with Crippen LogP contribution in [0.15, 0.2) is 60.9 Å². The standard InChI is InChI=1S/C14H10N2O2.C6H8N2/c1-9-6-7-15-12(8-9)16-13(17)10-4-2-3-5-11(10)14(16)18;1-5-2-3-8-6(7)4-5/h2-8H,1H3;2-4H,1H3,(H2,7,8). The van der Waals surface area contributed by atoms with E-state index in [1.807, 2.05) is 32.0 Å². The van der Waals surface area contributed by atoms with Gasteiger partial charge in [-0.05, 0) is 61.4 Å². The third-order valence-electron chi connectivity index (χ3n) is 3.86. The summed E-state index contributed by atoms with van der Waals surface area (Å²) in [4.78, 5) is 33.4. The molecule has 4 rings (SSSR count). The molecule has 2 aromatic heterocycles. The van der Waals surface area contributed by atoms with Gasteiger partial charge in [0.2, 0.25) is 0 Å². The lowest BCUT2D eigenvalue weighted by Gasteiger charge is -2.12. The topological polar surface area (TPSA) is 89.2 Å². The number of nitrogen functional groups attached to an aromatic ring is 1. The van der Waals surface area contributed by atoms with Crippen molar-refractivity contribution in [3.63, 3.8) is 0 Å². The third-order valence-corrected chi connectivity index (χ3v) is 3.86. The van der Waals surface area contributed by atoms with Crippen molar-refractivity contribution >= 4 is 23.5 Å². The minimum Gasteiger partial charge on any atom is -0.384 e. The first-order chi connectivity index (χ1) is 12.5. The Kier molecular flexibility index (Phi) is 4.75. The van der Waals surface area contributed by atoms with E-state index in [0.717, 1.165) is 16.0 Å². The van der Waals surface area contributed by atoms with E-state index in [4.69, 9.17) is 5.73 Å². The number of hydrogen-bond donors (Lipinski definition) is 1. The fourth-order valence-corrected chi connectivity index (χ4v) is 2.60. The Bertz CT molecular complexity index is 933. The summed E-state index contributed by atoms with van der Waals surface area (Å²) in [5.74, 6) is 0.341. The van der Waals surface area contributed by atoms with Crippen LogP contribution in [-0.4, -0.2) is 21.8 Å². The number of carbonyl (C=O) groups is 2. The SMILES string of the molecule is Cc1ccnc(N)c1.Cc1ccnc(N2C(=O)c3ccccc3C2=O)c1. The molecule has 1 aliphatic heterocycles. The van der Waals surface area contributed by atoms with E-state index in [9.17, 15) is 9.59 Å². The van der Waals surface area contributed by atoms with E-state index in [1.165, 1.54) is 0 Å². The van der Waals surface area contributed by atoms with Crippen molar-refractivity contribution in [3.8, 4) is 0 Å². The summed E-state index contributed by atoms with van der Waals surface area (Å²) in [6, 6.07) is 14.1. The number of nitrogens with two attached hydrogens (primary N) is 1. The number of pyridine rings is 2. The fraction of sp³-hybridized carbons (Fsp3) is 0.100. The molecule has 0 fully saturated rings. The van der Waals surface area contributed by atoms with Crippen LogP contribution in [0, 0.1) is 13.8 Å². The highest BCUT2D eigenvalue weighted by Gasteiger charge is 2.36. The number of hydrogen-bond acceptors (Lipinski definition) is 5. The number of amides is 2. The third kappa shape index (κ3) is 3.44. The number of rotatable bonds is 1. The summed E-state index contributed by atoms with van der Waals surface area (Å²) in [5, 5.41) is 0. The maximum absolute atomic E-state index is 12.2. The molecule has 130 valence electrons. The zero-order valence-electron chi connectivity index (χ0n) is 14.5. The quantitative estimate of drug-likeness (QED) is 0.684. The molecule has 1 aromatic carbocycles. The molecule has 2 N–H and O–H groups in total. The molecule has 0 atom stereocenters. The first-order valence-corrected chi connectivity index (χ1v) is 8.06. The molecule has 3 heterocycles. The van der Waals surface area contributed by atoms with Gasteiger partial charge in [0.1, 0.15) is 11.6 Å². The lowest BCUT2D eigenvalue weighted by molar-refractivity contribution is 0.0925. The van der Waals surface area contributed by atoms with E-state index in [1.54, 1.807) is 42.7 Å². The molecule has 2 amide bonds. The van der Waals surface area contributed by atoms with Crippen LogP contribution in [0.3, 0.4) is 0 Å². The monoisotopic (exact) mass is 346 g/mol. The summed E-state index contributed by atoms with van der Waals surface area (Å²) >= 11 is 0. The van der Waals surface area contributed by atoms with E-state index in [2.05, 4.69) is 9.97 Å². The largest absolute Gasteiger partial charge is 0.384 e. The molecule has 0 aliphatic carbocycles. The Balaban J connectivity index is 0.000000206. The van der Waals surface area contributed by atoms with Crippen LogP contribution in [0.25, 0.3) is 0 Å². The van der Waals surface area contributed by atoms with Crippen molar-refractivity contribution in [2.45, 2.75) is 13.8 Å².